The van der Waals surface area contributed by atoms with E-state index >= 15 is 0 Å². The highest BCUT2D eigenvalue weighted by Gasteiger charge is 2.25. The van der Waals surface area contributed by atoms with Crippen LogP contribution in [0.5, 0.6) is 0 Å². The van der Waals surface area contributed by atoms with Gasteiger partial charge in [-0.15, -0.1) is 0 Å². The van der Waals surface area contributed by atoms with Crippen molar-refractivity contribution < 1.29 is 12.8 Å². The van der Waals surface area contributed by atoms with Crippen molar-refractivity contribution in [2.45, 2.75) is 38.3 Å². The molecule has 0 aliphatic carbocycles. The third-order valence-corrected chi connectivity index (χ3v) is 8.28. The fourth-order valence-corrected chi connectivity index (χ4v) is 5.86. The van der Waals surface area contributed by atoms with Crippen LogP contribution in [0, 0.1) is 5.82 Å². The summed E-state index contributed by atoms with van der Waals surface area (Å²) in [4.78, 5) is 12.8. The second-order valence-corrected chi connectivity index (χ2v) is 11.8. The van der Waals surface area contributed by atoms with Gasteiger partial charge in [-0.1, -0.05) is 11.6 Å². The summed E-state index contributed by atoms with van der Waals surface area (Å²) in [5.41, 5.74) is 1.50. The lowest BCUT2D eigenvalue weighted by atomic mass is 10.1. The average molecular weight is 526 g/mol. The Balaban J connectivity index is 1.39. The molecule has 2 aliphatic heterocycles. The lowest BCUT2D eigenvalue weighted by molar-refractivity contribution is 0.288. The third kappa shape index (κ3) is 6.52. The molecule has 1 aromatic carbocycles. The molecule has 3 heterocycles. The minimum atomic E-state index is -3.19. The molecule has 2 N–H and O–H groups in total. The first-order valence-corrected chi connectivity index (χ1v) is 14.1. The molecular weight excluding hydrogens is 493 g/mol. The Bertz CT molecular complexity index is 1140. The summed E-state index contributed by atoms with van der Waals surface area (Å²) < 4.78 is 39.3. The number of nitrogens with one attached hydrogen (secondary N) is 2. The predicted molar refractivity (Wildman–Crippen MR) is 139 cm³/mol. The molecule has 2 aromatic rings. The van der Waals surface area contributed by atoms with Crippen LogP contribution in [0.3, 0.4) is 0 Å². The zero-order valence-electron chi connectivity index (χ0n) is 20.3. The Morgan fingerprint density at radius 1 is 1.23 bits per heavy atom. The van der Waals surface area contributed by atoms with Gasteiger partial charge in [0.05, 0.1) is 23.2 Å². The lowest BCUT2D eigenvalue weighted by Crippen LogP contribution is -2.48. The highest BCUT2D eigenvalue weighted by atomic mass is 35.5. The van der Waals surface area contributed by atoms with Crippen LogP contribution in [-0.2, 0) is 10.0 Å². The Kier molecular flexibility index (Phi) is 7.99. The van der Waals surface area contributed by atoms with Gasteiger partial charge in [0.2, 0.25) is 16.0 Å². The van der Waals surface area contributed by atoms with Gasteiger partial charge in [0.1, 0.15) is 0 Å². The van der Waals surface area contributed by atoms with Gasteiger partial charge >= 0.3 is 0 Å². The first kappa shape index (κ1) is 25.9. The lowest BCUT2D eigenvalue weighted by Gasteiger charge is -2.35. The van der Waals surface area contributed by atoms with E-state index in [1.54, 1.807) is 6.07 Å². The minimum Gasteiger partial charge on any atom is -0.368 e. The number of aromatic nitrogens is 2. The van der Waals surface area contributed by atoms with Gasteiger partial charge in [0.25, 0.3) is 0 Å². The predicted octanol–water partition coefficient (Wildman–Crippen LogP) is 3.38. The molecule has 4 rings (SSSR count). The summed E-state index contributed by atoms with van der Waals surface area (Å²) in [7, 11) is -1.06. The number of benzene rings is 1. The summed E-state index contributed by atoms with van der Waals surface area (Å²) in [6.07, 6.45) is 5.65. The van der Waals surface area contributed by atoms with Crippen LogP contribution in [0.4, 0.5) is 27.5 Å². The molecule has 192 valence electrons. The average Bonchev–Trinajstić information content (AvgIpc) is 3.20. The quantitative estimate of drug-likeness (QED) is 0.542. The Labute approximate surface area is 211 Å². The van der Waals surface area contributed by atoms with Crippen molar-refractivity contribution in [3.8, 4) is 0 Å². The number of nitrogens with zero attached hydrogens (tertiary/aromatic N) is 5. The Morgan fingerprint density at radius 3 is 2.60 bits per heavy atom. The molecule has 12 heteroatoms. The SMILES string of the molecule is C[C@H](CC1CCCN1C)Nc1nc(Nc2ccc(N3CCN(S(C)(=O)=O)CC3)c(Cl)c2)ncc1F. The standard InChI is InChI=1S/C23H33ClFN7O2S/c1-16(13-18-5-4-8-30(18)2)27-22-20(25)15-26-23(29-22)28-17-6-7-21(19(24)14-17)31-9-11-32(12-10-31)35(3,33)34/h6-7,14-16,18H,4-5,8-13H2,1-3H3,(H2,26,27,28,29)/t16-,18?/m1/s1. The zero-order valence-corrected chi connectivity index (χ0v) is 21.9. The molecule has 0 bridgehead atoms. The maximum atomic E-state index is 14.4. The summed E-state index contributed by atoms with van der Waals surface area (Å²) in [6.45, 7) is 5.10. The van der Waals surface area contributed by atoms with Crippen LogP contribution in [-0.4, -0.2) is 85.7 Å². The molecule has 1 unspecified atom stereocenters. The van der Waals surface area contributed by atoms with E-state index in [1.807, 2.05) is 19.1 Å². The van der Waals surface area contributed by atoms with E-state index in [1.165, 1.54) is 17.0 Å². The number of likely N-dealkylation sites (tertiary alicyclic amines) is 1. The van der Waals surface area contributed by atoms with Crippen molar-refractivity contribution in [3.63, 3.8) is 0 Å². The van der Waals surface area contributed by atoms with Crippen molar-refractivity contribution in [2.24, 2.45) is 0 Å². The van der Waals surface area contributed by atoms with E-state index in [9.17, 15) is 12.8 Å². The topological polar surface area (TPSA) is 93.7 Å². The smallest absolute Gasteiger partial charge is 0.229 e. The summed E-state index contributed by atoms with van der Waals surface area (Å²) in [5.74, 6) is -0.0597. The molecule has 2 atom stereocenters. The van der Waals surface area contributed by atoms with Crippen LogP contribution in [0.15, 0.2) is 24.4 Å². The van der Waals surface area contributed by atoms with Crippen molar-refractivity contribution in [3.05, 3.63) is 35.2 Å². The normalized spacial score (nSPS) is 20.7. The van der Waals surface area contributed by atoms with Gasteiger partial charge in [0, 0.05) is 44.0 Å². The molecule has 9 nitrogen and oxygen atoms in total. The van der Waals surface area contributed by atoms with Crippen LogP contribution in [0.1, 0.15) is 26.2 Å². The molecule has 1 aromatic heterocycles. The highest BCUT2D eigenvalue weighted by Crippen LogP contribution is 2.31. The molecule has 2 aliphatic rings. The van der Waals surface area contributed by atoms with E-state index in [4.69, 9.17) is 11.6 Å². The molecule has 0 saturated carbocycles. The Hall–Kier alpha value is -2.21. The largest absolute Gasteiger partial charge is 0.368 e. The summed E-state index contributed by atoms with van der Waals surface area (Å²) >= 11 is 6.54. The van der Waals surface area contributed by atoms with E-state index in [-0.39, 0.29) is 17.8 Å². The molecule has 0 radical (unpaired) electrons. The highest BCUT2D eigenvalue weighted by molar-refractivity contribution is 7.88. The van der Waals surface area contributed by atoms with Gasteiger partial charge in [-0.3, -0.25) is 0 Å². The molecular formula is C23H33ClFN7O2S. The van der Waals surface area contributed by atoms with E-state index in [2.05, 4.69) is 37.4 Å². The van der Waals surface area contributed by atoms with Crippen molar-refractivity contribution in [1.29, 1.82) is 0 Å². The van der Waals surface area contributed by atoms with Gasteiger partial charge in [-0.25, -0.2) is 17.8 Å². The number of halogens is 2. The van der Waals surface area contributed by atoms with Crippen LogP contribution in [0.25, 0.3) is 0 Å². The van der Waals surface area contributed by atoms with Gasteiger partial charge < -0.3 is 20.4 Å². The first-order chi connectivity index (χ1) is 16.6. The molecule has 2 fully saturated rings. The monoisotopic (exact) mass is 525 g/mol. The van der Waals surface area contributed by atoms with Crippen molar-refractivity contribution >= 4 is 44.8 Å². The van der Waals surface area contributed by atoms with E-state index in [0.717, 1.165) is 31.3 Å². The molecule has 0 amide bonds. The second kappa shape index (κ2) is 10.8. The van der Waals surface area contributed by atoms with E-state index in [0.29, 0.717) is 42.9 Å². The minimum absolute atomic E-state index is 0.0645. The maximum absolute atomic E-state index is 14.4. The number of hydrogen-bond donors (Lipinski definition) is 2. The maximum Gasteiger partial charge on any atom is 0.229 e. The molecule has 35 heavy (non-hydrogen) atoms. The first-order valence-electron chi connectivity index (χ1n) is 11.9. The zero-order chi connectivity index (χ0) is 25.2. The fraction of sp³-hybridized carbons (Fsp3) is 0.565. The van der Waals surface area contributed by atoms with Crippen LogP contribution in [0.2, 0.25) is 5.02 Å². The van der Waals surface area contributed by atoms with Crippen molar-refractivity contribution in [1.82, 2.24) is 19.2 Å². The fourth-order valence-electron chi connectivity index (χ4n) is 4.74. The van der Waals surface area contributed by atoms with Crippen molar-refractivity contribution in [2.75, 3.05) is 61.6 Å². The number of hydrogen-bond acceptors (Lipinski definition) is 8. The number of sulfonamides is 1. The second-order valence-electron chi connectivity index (χ2n) is 9.39. The summed E-state index contributed by atoms with van der Waals surface area (Å²) in [5, 5.41) is 6.81. The number of piperazine rings is 1. The van der Waals surface area contributed by atoms with E-state index < -0.39 is 15.8 Å². The third-order valence-electron chi connectivity index (χ3n) is 6.68. The van der Waals surface area contributed by atoms with Crippen LogP contribution >= 0.6 is 11.6 Å². The molecule has 0 spiro atoms. The van der Waals surface area contributed by atoms with Gasteiger partial charge in [-0.2, -0.15) is 9.29 Å². The van der Waals surface area contributed by atoms with Crippen LogP contribution < -0.4 is 15.5 Å². The summed E-state index contributed by atoms with van der Waals surface area (Å²) in [6, 6.07) is 6.05. The number of anilines is 4. The van der Waals surface area contributed by atoms with Gasteiger partial charge in [-0.05, 0) is 58.0 Å². The number of rotatable bonds is 8. The van der Waals surface area contributed by atoms with Gasteiger partial charge in [0.15, 0.2) is 11.6 Å². The molecule has 2 saturated heterocycles. The Morgan fingerprint density at radius 2 is 1.97 bits per heavy atom.